The molecule has 2 aliphatic rings. The smallest absolute Gasteiger partial charge is 0.228 e. The molecule has 4 rings (SSSR count). The molecule has 9 heteroatoms. The number of nitrogens with zero attached hydrogens (tertiary/aromatic N) is 3. The monoisotopic (exact) mass is 491 g/mol. The van der Waals surface area contributed by atoms with Crippen molar-refractivity contribution in [3.8, 4) is 0 Å². The first kappa shape index (κ1) is 24.9. The van der Waals surface area contributed by atoms with Crippen molar-refractivity contribution >= 4 is 15.7 Å². The molecule has 1 saturated heterocycles. The van der Waals surface area contributed by atoms with Crippen LogP contribution in [0.25, 0.3) is 0 Å². The SMILES string of the molecule is CC(C)CC(=O)N(Cc1cnc(S(=O)(=O)Cc2ccccc2F)n1CC1CCCO1)CC1CC1. The quantitative estimate of drug-likeness (QED) is 0.475. The van der Waals surface area contributed by atoms with E-state index in [9.17, 15) is 17.6 Å². The number of halogens is 1. The second-order valence-corrected chi connectivity index (χ2v) is 11.8. The normalized spacial score (nSPS) is 18.5. The molecule has 0 radical (unpaired) electrons. The fraction of sp³-hybridized carbons (Fsp3) is 0.600. The number of ether oxygens (including phenoxy) is 1. The molecule has 0 bridgehead atoms. The van der Waals surface area contributed by atoms with Crippen LogP contribution in [0.2, 0.25) is 0 Å². The summed E-state index contributed by atoms with van der Waals surface area (Å²) < 4.78 is 48.3. The Bertz CT molecular complexity index is 1110. The fourth-order valence-corrected chi connectivity index (χ4v) is 5.89. The number of sulfone groups is 1. The van der Waals surface area contributed by atoms with Gasteiger partial charge in [-0.1, -0.05) is 32.0 Å². The molecule has 34 heavy (non-hydrogen) atoms. The van der Waals surface area contributed by atoms with Crippen LogP contribution in [0.15, 0.2) is 35.6 Å². The third-order valence-corrected chi connectivity index (χ3v) is 7.93. The summed E-state index contributed by atoms with van der Waals surface area (Å²) in [5.41, 5.74) is 0.776. The number of carbonyl (C=O) groups excluding carboxylic acids is 1. The van der Waals surface area contributed by atoms with Crippen LogP contribution in [0, 0.1) is 17.7 Å². The van der Waals surface area contributed by atoms with Crippen molar-refractivity contribution < 1.29 is 22.3 Å². The lowest BCUT2D eigenvalue weighted by molar-refractivity contribution is -0.133. The van der Waals surface area contributed by atoms with Gasteiger partial charge in [-0.15, -0.1) is 0 Å². The summed E-state index contributed by atoms with van der Waals surface area (Å²) in [7, 11) is -3.92. The minimum atomic E-state index is -3.92. The second-order valence-electron chi connectivity index (χ2n) is 9.94. The maximum atomic E-state index is 14.2. The number of aromatic nitrogens is 2. The van der Waals surface area contributed by atoms with Gasteiger partial charge in [-0.3, -0.25) is 4.79 Å². The van der Waals surface area contributed by atoms with E-state index in [4.69, 9.17) is 4.74 Å². The summed E-state index contributed by atoms with van der Waals surface area (Å²) in [6.07, 6.45) is 5.87. The summed E-state index contributed by atoms with van der Waals surface area (Å²) >= 11 is 0. The minimum Gasteiger partial charge on any atom is -0.376 e. The van der Waals surface area contributed by atoms with Gasteiger partial charge in [0.15, 0.2) is 0 Å². The van der Waals surface area contributed by atoms with Crippen molar-refractivity contribution in [1.29, 1.82) is 0 Å². The van der Waals surface area contributed by atoms with Gasteiger partial charge in [0.25, 0.3) is 0 Å². The van der Waals surface area contributed by atoms with E-state index in [-0.39, 0.29) is 28.6 Å². The summed E-state index contributed by atoms with van der Waals surface area (Å²) in [4.78, 5) is 19.1. The first-order valence-corrected chi connectivity index (χ1v) is 13.8. The van der Waals surface area contributed by atoms with E-state index in [0.29, 0.717) is 44.3 Å². The van der Waals surface area contributed by atoms with E-state index < -0.39 is 21.4 Å². The molecule has 1 atom stereocenters. The summed E-state index contributed by atoms with van der Waals surface area (Å²) in [5, 5.41) is -0.0936. The van der Waals surface area contributed by atoms with E-state index in [1.165, 1.54) is 18.2 Å². The first-order valence-electron chi connectivity index (χ1n) is 12.1. The highest BCUT2D eigenvalue weighted by molar-refractivity contribution is 7.90. The highest BCUT2D eigenvalue weighted by Gasteiger charge is 2.31. The Morgan fingerprint density at radius 3 is 2.68 bits per heavy atom. The lowest BCUT2D eigenvalue weighted by Gasteiger charge is -2.25. The predicted molar refractivity (Wildman–Crippen MR) is 126 cm³/mol. The summed E-state index contributed by atoms with van der Waals surface area (Å²) in [6.45, 7) is 6.00. The van der Waals surface area contributed by atoms with E-state index in [1.54, 1.807) is 16.8 Å². The lowest BCUT2D eigenvalue weighted by atomic mass is 10.1. The Morgan fingerprint density at radius 1 is 1.26 bits per heavy atom. The molecular weight excluding hydrogens is 457 g/mol. The van der Waals surface area contributed by atoms with Gasteiger partial charge in [-0.05, 0) is 43.6 Å². The predicted octanol–water partition coefficient (Wildman–Crippen LogP) is 3.96. The first-order chi connectivity index (χ1) is 16.2. The average Bonchev–Trinajstić information content (AvgIpc) is 3.26. The molecular formula is C25H34FN3O4S. The molecule has 1 aromatic heterocycles. The Balaban J connectivity index is 1.64. The number of benzene rings is 1. The van der Waals surface area contributed by atoms with Crippen molar-refractivity contribution in [2.24, 2.45) is 11.8 Å². The number of amides is 1. The maximum Gasteiger partial charge on any atom is 0.228 e. The van der Waals surface area contributed by atoms with Crippen molar-refractivity contribution in [3.05, 3.63) is 47.5 Å². The second kappa shape index (κ2) is 10.6. The Kier molecular flexibility index (Phi) is 7.72. The average molecular weight is 492 g/mol. The number of carbonyl (C=O) groups is 1. The summed E-state index contributed by atoms with van der Waals surface area (Å²) in [6, 6.07) is 5.88. The molecule has 7 nitrogen and oxygen atoms in total. The van der Waals surface area contributed by atoms with Gasteiger partial charge in [0.1, 0.15) is 5.82 Å². The molecule has 0 spiro atoms. The zero-order chi connectivity index (χ0) is 24.3. The van der Waals surface area contributed by atoms with Gasteiger partial charge in [0.2, 0.25) is 20.9 Å². The van der Waals surface area contributed by atoms with Gasteiger partial charge in [0, 0.05) is 25.1 Å². The van der Waals surface area contributed by atoms with Gasteiger partial charge in [0.05, 0.1) is 36.8 Å². The Morgan fingerprint density at radius 2 is 2.03 bits per heavy atom. The van der Waals surface area contributed by atoms with Crippen LogP contribution in [-0.4, -0.2) is 48.0 Å². The molecule has 1 aliphatic heterocycles. The standard InChI is InChI=1S/C25H34FN3O4S/c1-18(2)12-24(30)28(14-19-9-10-19)15-21-13-27-25(29(21)16-22-7-5-11-33-22)34(31,32)17-20-6-3-4-8-23(20)26/h3-4,6,8,13,18-19,22H,5,7,9-12,14-17H2,1-2H3. The van der Waals surface area contributed by atoms with Crippen LogP contribution >= 0.6 is 0 Å². The molecule has 1 aromatic carbocycles. The van der Waals surface area contributed by atoms with Crippen molar-refractivity contribution in [2.75, 3.05) is 13.2 Å². The molecule has 1 aliphatic carbocycles. The third-order valence-electron chi connectivity index (χ3n) is 6.36. The Hall–Kier alpha value is -2.26. The molecule has 2 heterocycles. The van der Waals surface area contributed by atoms with E-state index >= 15 is 0 Å². The largest absolute Gasteiger partial charge is 0.376 e. The topological polar surface area (TPSA) is 81.5 Å². The van der Waals surface area contributed by atoms with Crippen LogP contribution in [0.3, 0.4) is 0 Å². The molecule has 1 amide bonds. The number of hydrogen-bond acceptors (Lipinski definition) is 5. The van der Waals surface area contributed by atoms with Crippen LogP contribution in [0.5, 0.6) is 0 Å². The zero-order valence-electron chi connectivity index (χ0n) is 20.0. The van der Waals surface area contributed by atoms with Gasteiger partial charge in [-0.25, -0.2) is 17.8 Å². The van der Waals surface area contributed by atoms with E-state index in [1.807, 2.05) is 18.7 Å². The number of imidazole rings is 1. The Labute approximate surface area is 201 Å². The summed E-state index contributed by atoms with van der Waals surface area (Å²) in [5.74, 6) is -0.210. The van der Waals surface area contributed by atoms with Gasteiger partial charge in [-0.2, -0.15) is 0 Å². The van der Waals surface area contributed by atoms with Crippen LogP contribution < -0.4 is 0 Å². The van der Waals surface area contributed by atoms with Crippen LogP contribution in [0.4, 0.5) is 4.39 Å². The van der Waals surface area contributed by atoms with E-state index in [0.717, 1.165) is 25.7 Å². The zero-order valence-corrected chi connectivity index (χ0v) is 20.8. The van der Waals surface area contributed by atoms with Crippen molar-refractivity contribution in [1.82, 2.24) is 14.5 Å². The highest BCUT2D eigenvalue weighted by atomic mass is 32.2. The van der Waals surface area contributed by atoms with Crippen molar-refractivity contribution in [3.63, 3.8) is 0 Å². The molecule has 1 unspecified atom stereocenters. The molecule has 2 fully saturated rings. The van der Waals surface area contributed by atoms with E-state index in [2.05, 4.69) is 4.98 Å². The molecule has 1 saturated carbocycles. The molecule has 0 N–H and O–H groups in total. The fourth-order valence-electron chi connectivity index (χ4n) is 4.38. The minimum absolute atomic E-state index is 0.0718. The van der Waals surface area contributed by atoms with Gasteiger partial charge < -0.3 is 14.2 Å². The van der Waals surface area contributed by atoms with Crippen LogP contribution in [0.1, 0.15) is 57.2 Å². The van der Waals surface area contributed by atoms with Crippen LogP contribution in [-0.2, 0) is 38.2 Å². The van der Waals surface area contributed by atoms with Crippen molar-refractivity contribution in [2.45, 2.75) is 76.1 Å². The third kappa shape index (κ3) is 6.24. The highest BCUT2D eigenvalue weighted by Crippen LogP contribution is 2.31. The number of rotatable bonds is 11. The molecule has 2 aromatic rings. The van der Waals surface area contributed by atoms with Gasteiger partial charge >= 0.3 is 0 Å². The number of hydrogen-bond donors (Lipinski definition) is 0. The maximum absolute atomic E-state index is 14.2. The molecule has 186 valence electrons. The lowest BCUT2D eigenvalue weighted by Crippen LogP contribution is -2.34.